The summed E-state index contributed by atoms with van der Waals surface area (Å²) in [4.78, 5) is 12.8. The van der Waals surface area contributed by atoms with Crippen molar-refractivity contribution in [2.45, 2.75) is 11.1 Å². The molecule has 2 N–H and O–H groups in total. The van der Waals surface area contributed by atoms with E-state index in [0.717, 1.165) is 52.2 Å². The second-order valence-corrected chi connectivity index (χ2v) is 7.67. The van der Waals surface area contributed by atoms with Crippen LogP contribution in [0.2, 0.25) is 4.71 Å². The number of non-ortho nitro benzene ring substituents is 1. The summed E-state index contributed by atoms with van der Waals surface area (Å²) in [5.74, 6) is 0. The van der Waals surface area contributed by atoms with Crippen molar-refractivity contribution in [3.63, 3.8) is 0 Å². The summed E-state index contributed by atoms with van der Waals surface area (Å²) >= 11 is 1.74. The number of hydrogen-bond donors (Lipinski definition) is 2. The van der Waals surface area contributed by atoms with Gasteiger partial charge in [0.25, 0.3) is 0 Å². The minimum atomic E-state index is -0.347. The van der Waals surface area contributed by atoms with E-state index in [9.17, 15) is 10.1 Å². The Bertz CT molecular complexity index is 459. The average Bonchev–Trinajstić information content (AvgIpc) is 2.62. The summed E-state index contributed by atoms with van der Waals surface area (Å²) in [6, 6.07) is 6.96. The number of nitro benzene ring substituents is 1. The molecule has 1 fully saturated rings. The minimum absolute atomic E-state index is 0.166. The Labute approximate surface area is 140 Å². The summed E-state index contributed by atoms with van der Waals surface area (Å²) in [6.45, 7) is 7.41. The van der Waals surface area contributed by atoms with Crippen LogP contribution in [0.5, 0.6) is 0 Å². The maximum atomic E-state index is 10.7. The molecule has 0 aliphatic carbocycles. The first-order valence-electron chi connectivity index (χ1n) is 7.78. The van der Waals surface area contributed by atoms with Gasteiger partial charge in [-0.3, -0.25) is 0 Å². The summed E-state index contributed by atoms with van der Waals surface area (Å²) in [5.41, 5.74) is 1.35. The van der Waals surface area contributed by atoms with E-state index in [1.165, 1.54) is 5.56 Å². The molecule has 1 heterocycles. The van der Waals surface area contributed by atoms with Crippen LogP contribution in [0.25, 0.3) is 0 Å². The molecule has 1 aliphatic rings. The van der Waals surface area contributed by atoms with Crippen LogP contribution < -0.4 is 10.6 Å². The molecule has 0 saturated carbocycles. The first-order chi connectivity index (χ1) is 10.6. The number of nitrogens with zero attached hydrogens (tertiary/aromatic N) is 2. The standard InChI is InChI=1S/C15H25AsN4O2/c16-14(11-13-1-3-15(4-2-13)20(21)22)12-19-9-7-17-5-6-18-8-10-19/h1-4,14,17-18H,5-12,16H2. The van der Waals surface area contributed by atoms with Crippen molar-refractivity contribution in [3.05, 3.63) is 39.9 Å². The van der Waals surface area contributed by atoms with Crippen LogP contribution in [-0.2, 0) is 6.42 Å². The Balaban J connectivity index is 1.82. The molecular formula is C15H25AsN4O2. The predicted molar refractivity (Wildman–Crippen MR) is 91.3 cm³/mol. The summed E-state index contributed by atoms with van der Waals surface area (Å²) in [7, 11) is 0. The second kappa shape index (κ2) is 9.25. The van der Waals surface area contributed by atoms with Gasteiger partial charge < -0.3 is 0 Å². The number of nitro groups is 1. The molecule has 7 heteroatoms. The van der Waals surface area contributed by atoms with Crippen molar-refractivity contribution in [3.8, 4) is 0 Å². The topological polar surface area (TPSA) is 70.4 Å². The first-order valence-corrected chi connectivity index (χ1v) is 9.18. The summed E-state index contributed by atoms with van der Waals surface area (Å²) in [6.07, 6.45) is 0.981. The molecule has 0 spiro atoms. The van der Waals surface area contributed by atoms with Gasteiger partial charge in [0.15, 0.2) is 0 Å². The van der Waals surface area contributed by atoms with E-state index < -0.39 is 0 Å². The monoisotopic (exact) mass is 368 g/mol. The fraction of sp³-hybridized carbons (Fsp3) is 0.600. The SMILES string of the molecule is O=[N+]([O-])c1ccc(CC([AsH2])CN2CCNCCNCC2)cc1. The molecule has 2 rings (SSSR count). The van der Waals surface area contributed by atoms with Gasteiger partial charge in [0.2, 0.25) is 0 Å². The molecule has 0 radical (unpaired) electrons. The van der Waals surface area contributed by atoms with Gasteiger partial charge >= 0.3 is 140 Å². The van der Waals surface area contributed by atoms with Crippen LogP contribution in [0.1, 0.15) is 5.56 Å². The van der Waals surface area contributed by atoms with Crippen molar-refractivity contribution in [1.82, 2.24) is 15.5 Å². The Hall–Kier alpha value is -0.942. The Morgan fingerprint density at radius 1 is 1.14 bits per heavy atom. The van der Waals surface area contributed by atoms with E-state index in [1.807, 2.05) is 12.1 Å². The average molecular weight is 368 g/mol. The van der Waals surface area contributed by atoms with E-state index in [0.29, 0.717) is 4.71 Å². The number of nitrogens with one attached hydrogen (secondary N) is 2. The molecule has 0 amide bonds. The summed E-state index contributed by atoms with van der Waals surface area (Å²) < 4.78 is 0.592. The second-order valence-electron chi connectivity index (χ2n) is 5.69. The van der Waals surface area contributed by atoms with Crippen LogP contribution in [0, 0.1) is 10.1 Å². The molecule has 122 valence electrons. The number of benzene rings is 1. The molecule has 0 bridgehead atoms. The van der Waals surface area contributed by atoms with Crippen molar-refractivity contribution in [1.29, 1.82) is 0 Å². The Kier molecular flexibility index (Phi) is 7.32. The van der Waals surface area contributed by atoms with Crippen LogP contribution in [0.15, 0.2) is 24.3 Å². The third-order valence-electron chi connectivity index (χ3n) is 3.83. The summed E-state index contributed by atoms with van der Waals surface area (Å²) in [5, 5.41) is 17.5. The zero-order valence-corrected chi connectivity index (χ0v) is 15.3. The van der Waals surface area contributed by atoms with Crippen LogP contribution in [-0.4, -0.2) is 72.5 Å². The molecule has 6 nitrogen and oxygen atoms in total. The van der Waals surface area contributed by atoms with Gasteiger partial charge in [0.05, 0.1) is 0 Å². The molecule has 1 aliphatic heterocycles. The van der Waals surface area contributed by atoms with Crippen molar-refractivity contribution >= 4 is 22.5 Å². The van der Waals surface area contributed by atoms with Crippen molar-refractivity contribution in [2.24, 2.45) is 0 Å². The van der Waals surface area contributed by atoms with E-state index in [4.69, 9.17) is 0 Å². The van der Waals surface area contributed by atoms with Crippen LogP contribution in [0.4, 0.5) is 5.69 Å². The number of hydrogen-bond acceptors (Lipinski definition) is 5. The zero-order valence-electron chi connectivity index (χ0n) is 12.8. The quantitative estimate of drug-likeness (QED) is 0.437. The fourth-order valence-electron chi connectivity index (χ4n) is 2.65. The number of rotatable bonds is 5. The maximum absolute atomic E-state index is 10.7. The van der Waals surface area contributed by atoms with Gasteiger partial charge in [-0.2, -0.15) is 0 Å². The third-order valence-corrected chi connectivity index (χ3v) is 4.76. The van der Waals surface area contributed by atoms with Crippen LogP contribution >= 0.6 is 0 Å². The molecule has 2 atom stereocenters. The van der Waals surface area contributed by atoms with Gasteiger partial charge in [-0.15, -0.1) is 0 Å². The van der Waals surface area contributed by atoms with Gasteiger partial charge in [-0.1, -0.05) is 0 Å². The molecule has 1 saturated heterocycles. The van der Waals surface area contributed by atoms with Gasteiger partial charge in [0, 0.05) is 0 Å². The van der Waals surface area contributed by atoms with Crippen LogP contribution in [0.3, 0.4) is 0 Å². The van der Waals surface area contributed by atoms with E-state index in [1.54, 1.807) is 29.0 Å². The Morgan fingerprint density at radius 3 is 2.27 bits per heavy atom. The first kappa shape index (κ1) is 17.4. The van der Waals surface area contributed by atoms with Crippen molar-refractivity contribution < 1.29 is 4.92 Å². The van der Waals surface area contributed by atoms with Gasteiger partial charge in [-0.25, -0.2) is 0 Å². The molecular weight excluding hydrogens is 343 g/mol. The van der Waals surface area contributed by atoms with Crippen molar-refractivity contribution in [2.75, 3.05) is 45.8 Å². The zero-order chi connectivity index (χ0) is 15.8. The van der Waals surface area contributed by atoms with Gasteiger partial charge in [-0.05, 0) is 0 Å². The van der Waals surface area contributed by atoms with E-state index in [2.05, 4.69) is 15.5 Å². The third kappa shape index (κ3) is 6.05. The normalized spacial score (nSPS) is 19.0. The van der Waals surface area contributed by atoms with E-state index in [-0.39, 0.29) is 10.6 Å². The molecule has 0 aromatic heterocycles. The molecule has 1 aromatic carbocycles. The molecule has 2 unspecified atom stereocenters. The predicted octanol–water partition coefficient (Wildman–Crippen LogP) is 0.0537. The van der Waals surface area contributed by atoms with E-state index >= 15 is 0 Å². The fourth-order valence-corrected chi connectivity index (χ4v) is 3.84. The Morgan fingerprint density at radius 2 is 1.73 bits per heavy atom. The van der Waals surface area contributed by atoms with Gasteiger partial charge in [0.1, 0.15) is 0 Å². The molecule has 22 heavy (non-hydrogen) atoms. The molecule has 1 aromatic rings.